The lowest BCUT2D eigenvalue weighted by atomic mass is 9.95. The zero-order valence-corrected chi connectivity index (χ0v) is 17.6. The van der Waals surface area contributed by atoms with Crippen molar-refractivity contribution in [1.29, 1.82) is 0 Å². The van der Waals surface area contributed by atoms with Crippen molar-refractivity contribution in [2.24, 2.45) is 11.8 Å². The standard InChI is InChI=1S/C23H30FN3O3/c1-16(2)22(17-5-7-19(24)8-6-17)26-21(28)15-27-11-9-18(10-12-27)23(29)25-14-20-4-3-13-30-20/h3-8,13,16,18,22H,9-12,14-15H2,1-2H3,(H,25,29)(H,26,28). The van der Waals surface area contributed by atoms with E-state index in [2.05, 4.69) is 15.5 Å². The molecule has 2 aromatic rings. The van der Waals surface area contributed by atoms with E-state index < -0.39 is 0 Å². The SMILES string of the molecule is CC(C)C(NC(=O)CN1CCC(C(=O)NCc2ccco2)CC1)c1ccc(F)cc1. The summed E-state index contributed by atoms with van der Waals surface area (Å²) in [5, 5.41) is 5.99. The van der Waals surface area contributed by atoms with Crippen LogP contribution in [-0.4, -0.2) is 36.3 Å². The quantitative estimate of drug-likeness (QED) is 0.694. The summed E-state index contributed by atoms with van der Waals surface area (Å²) in [6.45, 7) is 6.16. The molecule has 0 spiro atoms. The fourth-order valence-corrected chi connectivity index (χ4v) is 3.81. The molecule has 1 atom stereocenters. The van der Waals surface area contributed by atoms with Crippen molar-refractivity contribution in [3.05, 3.63) is 59.8 Å². The highest BCUT2D eigenvalue weighted by Crippen LogP contribution is 2.22. The summed E-state index contributed by atoms with van der Waals surface area (Å²) in [7, 11) is 0. The third-order valence-electron chi connectivity index (χ3n) is 5.55. The van der Waals surface area contributed by atoms with Crippen LogP contribution in [0.25, 0.3) is 0 Å². The molecular formula is C23H30FN3O3. The molecule has 0 aliphatic carbocycles. The van der Waals surface area contributed by atoms with Crippen LogP contribution in [0.2, 0.25) is 0 Å². The molecule has 1 unspecified atom stereocenters. The zero-order chi connectivity index (χ0) is 21.5. The molecule has 2 amide bonds. The van der Waals surface area contributed by atoms with Crippen molar-refractivity contribution in [2.45, 2.75) is 39.3 Å². The Bertz CT molecular complexity index is 813. The fourth-order valence-electron chi connectivity index (χ4n) is 3.81. The molecule has 1 saturated heterocycles. The molecule has 1 aliphatic heterocycles. The zero-order valence-electron chi connectivity index (χ0n) is 17.6. The van der Waals surface area contributed by atoms with E-state index in [0.29, 0.717) is 26.2 Å². The lowest BCUT2D eigenvalue weighted by Crippen LogP contribution is -2.45. The summed E-state index contributed by atoms with van der Waals surface area (Å²) in [4.78, 5) is 27.0. The Balaban J connectivity index is 1.43. The molecule has 0 saturated carbocycles. The maximum absolute atomic E-state index is 13.2. The van der Waals surface area contributed by atoms with E-state index in [1.165, 1.54) is 12.1 Å². The normalized spacial score (nSPS) is 16.4. The minimum Gasteiger partial charge on any atom is -0.467 e. The molecule has 7 heteroatoms. The first kappa shape index (κ1) is 22.0. The highest BCUT2D eigenvalue weighted by atomic mass is 19.1. The first-order chi connectivity index (χ1) is 14.4. The molecule has 6 nitrogen and oxygen atoms in total. The lowest BCUT2D eigenvalue weighted by molar-refractivity contribution is -0.127. The number of hydrogen-bond donors (Lipinski definition) is 2. The molecule has 1 aromatic heterocycles. The van der Waals surface area contributed by atoms with Gasteiger partial charge in [-0.15, -0.1) is 0 Å². The second-order valence-electron chi connectivity index (χ2n) is 8.19. The van der Waals surface area contributed by atoms with Crippen molar-refractivity contribution < 1.29 is 18.4 Å². The smallest absolute Gasteiger partial charge is 0.234 e. The van der Waals surface area contributed by atoms with Crippen LogP contribution < -0.4 is 10.6 Å². The first-order valence-electron chi connectivity index (χ1n) is 10.5. The Morgan fingerprint density at radius 2 is 1.87 bits per heavy atom. The van der Waals surface area contributed by atoms with Crippen LogP contribution in [-0.2, 0) is 16.1 Å². The monoisotopic (exact) mass is 415 g/mol. The highest BCUT2D eigenvalue weighted by molar-refractivity contribution is 5.79. The number of nitrogens with one attached hydrogen (secondary N) is 2. The number of nitrogens with zero attached hydrogens (tertiary/aromatic N) is 1. The van der Waals surface area contributed by atoms with Crippen LogP contribution >= 0.6 is 0 Å². The van der Waals surface area contributed by atoms with Gasteiger partial charge in [0, 0.05) is 5.92 Å². The Kier molecular flexibility index (Phi) is 7.63. The predicted molar refractivity (Wildman–Crippen MR) is 112 cm³/mol. The van der Waals surface area contributed by atoms with Crippen molar-refractivity contribution in [1.82, 2.24) is 15.5 Å². The number of hydrogen-bond acceptors (Lipinski definition) is 4. The molecule has 3 rings (SSSR count). The molecule has 0 radical (unpaired) electrons. The number of rotatable bonds is 8. The number of furan rings is 1. The summed E-state index contributed by atoms with van der Waals surface area (Å²) in [6.07, 6.45) is 3.04. The molecule has 2 heterocycles. The molecule has 30 heavy (non-hydrogen) atoms. The average Bonchev–Trinajstić information content (AvgIpc) is 3.25. The van der Waals surface area contributed by atoms with Crippen molar-refractivity contribution in [3.63, 3.8) is 0 Å². The summed E-state index contributed by atoms with van der Waals surface area (Å²) < 4.78 is 18.4. The van der Waals surface area contributed by atoms with Gasteiger partial charge in [0.25, 0.3) is 0 Å². The van der Waals surface area contributed by atoms with Gasteiger partial charge in [-0.2, -0.15) is 0 Å². The Morgan fingerprint density at radius 3 is 2.47 bits per heavy atom. The van der Waals surface area contributed by atoms with Crippen LogP contribution in [0.3, 0.4) is 0 Å². The van der Waals surface area contributed by atoms with Gasteiger partial charge in [0.15, 0.2) is 0 Å². The van der Waals surface area contributed by atoms with Gasteiger partial charge < -0.3 is 15.1 Å². The Labute approximate surface area is 176 Å². The number of halogens is 1. The second-order valence-corrected chi connectivity index (χ2v) is 8.19. The number of amides is 2. The van der Waals surface area contributed by atoms with Crippen LogP contribution in [0.15, 0.2) is 47.1 Å². The van der Waals surface area contributed by atoms with Crippen molar-refractivity contribution in [2.75, 3.05) is 19.6 Å². The summed E-state index contributed by atoms with van der Waals surface area (Å²) >= 11 is 0. The van der Waals surface area contributed by atoms with E-state index in [-0.39, 0.29) is 35.5 Å². The Morgan fingerprint density at radius 1 is 1.17 bits per heavy atom. The van der Waals surface area contributed by atoms with Gasteiger partial charge in [0.2, 0.25) is 11.8 Å². The van der Waals surface area contributed by atoms with Crippen LogP contribution in [0.5, 0.6) is 0 Å². The van der Waals surface area contributed by atoms with E-state index in [1.807, 2.05) is 19.9 Å². The molecule has 1 aliphatic rings. The number of piperidine rings is 1. The summed E-state index contributed by atoms with van der Waals surface area (Å²) in [5.41, 5.74) is 0.895. The molecule has 162 valence electrons. The molecule has 1 aromatic carbocycles. The average molecular weight is 416 g/mol. The lowest BCUT2D eigenvalue weighted by Gasteiger charge is -2.31. The van der Waals surface area contributed by atoms with E-state index in [9.17, 15) is 14.0 Å². The minimum absolute atomic E-state index is 0.0340. The van der Waals surface area contributed by atoms with Gasteiger partial charge in [-0.3, -0.25) is 14.5 Å². The number of carbonyl (C=O) groups is 2. The predicted octanol–water partition coefficient (Wildman–Crippen LogP) is 3.26. The number of likely N-dealkylation sites (tertiary alicyclic amines) is 1. The van der Waals surface area contributed by atoms with Gasteiger partial charge in [-0.1, -0.05) is 26.0 Å². The van der Waals surface area contributed by atoms with Crippen molar-refractivity contribution in [3.8, 4) is 0 Å². The Hall–Kier alpha value is -2.67. The van der Waals surface area contributed by atoms with E-state index in [4.69, 9.17) is 4.42 Å². The maximum Gasteiger partial charge on any atom is 0.234 e. The van der Waals surface area contributed by atoms with Crippen molar-refractivity contribution >= 4 is 11.8 Å². The number of benzene rings is 1. The fraction of sp³-hybridized carbons (Fsp3) is 0.478. The van der Waals surface area contributed by atoms with Crippen LogP contribution in [0.1, 0.15) is 44.1 Å². The van der Waals surface area contributed by atoms with Gasteiger partial charge >= 0.3 is 0 Å². The first-order valence-corrected chi connectivity index (χ1v) is 10.5. The maximum atomic E-state index is 13.2. The highest BCUT2D eigenvalue weighted by Gasteiger charge is 2.27. The summed E-state index contributed by atoms with van der Waals surface area (Å²) in [5.74, 6) is 0.567. The van der Waals surface area contributed by atoms with Gasteiger partial charge in [0.1, 0.15) is 11.6 Å². The minimum atomic E-state index is -0.288. The third-order valence-corrected chi connectivity index (χ3v) is 5.55. The largest absolute Gasteiger partial charge is 0.467 e. The van der Waals surface area contributed by atoms with Crippen LogP contribution in [0, 0.1) is 17.7 Å². The van der Waals surface area contributed by atoms with Crippen LogP contribution in [0.4, 0.5) is 4.39 Å². The third kappa shape index (κ3) is 6.16. The summed E-state index contributed by atoms with van der Waals surface area (Å²) in [6, 6.07) is 9.73. The van der Waals surface area contributed by atoms with Gasteiger partial charge in [-0.25, -0.2) is 4.39 Å². The second kappa shape index (κ2) is 10.4. The van der Waals surface area contributed by atoms with Gasteiger partial charge in [-0.05, 0) is 61.7 Å². The van der Waals surface area contributed by atoms with E-state index in [1.54, 1.807) is 24.5 Å². The number of carbonyl (C=O) groups excluding carboxylic acids is 2. The molecule has 2 N–H and O–H groups in total. The molecule has 0 bridgehead atoms. The molecule has 1 fully saturated rings. The molecular weight excluding hydrogens is 385 g/mol. The van der Waals surface area contributed by atoms with E-state index in [0.717, 1.165) is 24.2 Å². The topological polar surface area (TPSA) is 74.6 Å². The van der Waals surface area contributed by atoms with E-state index >= 15 is 0 Å². The van der Waals surface area contributed by atoms with Gasteiger partial charge in [0.05, 0.1) is 25.4 Å².